The minimum Gasteiger partial charge on any atom is -0.391 e. The van der Waals surface area contributed by atoms with Crippen molar-refractivity contribution in [3.05, 3.63) is 0 Å². The number of aliphatic hydroxyl groups excluding tert-OH is 3. The zero-order valence-corrected chi connectivity index (χ0v) is 9.47. The van der Waals surface area contributed by atoms with Crippen LogP contribution in [0.2, 0.25) is 0 Å². The molecule has 0 aliphatic rings. The normalized spacial score (nSPS) is 16.4. The molecule has 0 bridgehead atoms. The van der Waals surface area contributed by atoms with Crippen LogP contribution in [0.4, 0.5) is 0 Å². The zero-order chi connectivity index (χ0) is 12.9. The standard InChI is InChI=1S/C9H18N2O5/c1-4(12)7(15)8(16)9(10-5(2)13)11-6(3)14/h4,7-9,12,15-16H,1-3H3,(H,10,13)(H,11,14)/t4-,7-,8+/m0/s1. The summed E-state index contributed by atoms with van der Waals surface area (Å²) >= 11 is 0. The highest BCUT2D eigenvalue weighted by atomic mass is 16.4. The van der Waals surface area contributed by atoms with Crippen molar-refractivity contribution in [3.63, 3.8) is 0 Å². The molecule has 16 heavy (non-hydrogen) atoms. The number of amides is 2. The van der Waals surface area contributed by atoms with Crippen molar-refractivity contribution in [1.29, 1.82) is 0 Å². The summed E-state index contributed by atoms with van der Waals surface area (Å²) in [6.45, 7) is 3.69. The number of hydrogen-bond donors (Lipinski definition) is 5. The molecule has 7 nitrogen and oxygen atoms in total. The van der Waals surface area contributed by atoms with Gasteiger partial charge in [0.05, 0.1) is 6.10 Å². The first-order valence-corrected chi connectivity index (χ1v) is 4.84. The van der Waals surface area contributed by atoms with Crippen LogP contribution < -0.4 is 10.6 Å². The van der Waals surface area contributed by atoms with E-state index in [2.05, 4.69) is 10.6 Å². The Bertz CT molecular complexity index is 240. The van der Waals surface area contributed by atoms with Crippen molar-refractivity contribution in [2.24, 2.45) is 0 Å². The average molecular weight is 234 g/mol. The van der Waals surface area contributed by atoms with Crippen LogP contribution in [0.3, 0.4) is 0 Å². The molecule has 94 valence electrons. The number of carbonyl (C=O) groups excluding carboxylic acids is 2. The van der Waals surface area contributed by atoms with Gasteiger partial charge in [-0.2, -0.15) is 0 Å². The Hall–Kier alpha value is -1.18. The summed E-state index contributed by atoms with van der Waals surface area (Å²) in [4.78, 5) is 21.6. The molecule has 3 atom stereocenters. The Morgan fingerprint density at radius 2 is 1.31 bits per heavy atom. The Morgan fingerprint density at radius 1 is 0.938 bits per heavy atom. The fourth-order valence-electron chi connectivity index (χ4n) is 1.13. The first-order valence-electron chi connectivity index (χ1n) is 4.84. The molecule has 5 N–H and O–H groups in total. The molecule has 0 rings (SSSR count). The van der Waals surface area contributed by atoms with Crippen LogP contribution in [0.1, 0.15) is 20.8 Å². The molecule has 2 amide bonds. The molecule has 0 aromatic carbocycles. The topological polar surface area (TPSA) is 119 Å². The fourth-order valence-corrected chi connectivity index (χ4v) is 1.13. The highest BCUT2D eigenvalue weighted by Gasteiger charge is 2.30. The van der Waals surface area contributed by atoms with E-state index in [1.54, 1.807) is 0 Å². The molecule has 0 aliphatic carbocycles. The number of aliphatic hydroxyl groups is 3. The van der Waals surface area contributed by atoms with E-state index < -0.39 is 36.3 Å². The van der Waals surface area contributed by atoms with Gasteiger partial charge < -0.3 is 26.0 Å². The summed E-state index contributed by atoms with van der Waals surface area (Å²) in [5, 5.41) is 32.6. The minimum absolute atomic E-state index is 0.476. The van der Waals surface area contributed by atoms with Crippen molar-refractivity contribution in [2.45, 2.75) is 45.2 Å². The van der Waals surface area contributed by atoms with Crippen LogP contribution in [0.25, 0.3) is 0 Å². The molecule has 0 saturated heterocycles. The van der Waals surface area contributed by atoms with E-state index in [1.807, 2.05) is 0 Å². The second-order valence-corrected chi connectivity index (χ2v) is 3.60. The zero-order valence-electron chi connectivity index (χ0n) is 9.47. The Kier molecular flexibility index (Phi) is 5.94. The third-order valence-corrected chi connectivity index (χ3v) is 1.90. The highest BCUT2D eigenvalue weighted by Crippen LogP contribution is 2.03. The fraction of sp³-hybridized carbons (Fsp3) is 0.778. The van der Waals surface area contributed by atoms with Gasteiger partial charge in [-0.25, -0.2) is 0 Å². The van der Waals surface area contributed by atoms with Crippen molar-refractivity contribution < 1.29 is 24.9 Å². The molecule has 0 radical (unpaired) electrons. The molecule has 0 fully saturated rings. The summed E-state index contributed by atoms with van der Waals surface area (Å²) in [5.74, 6) is -0.953. The quantitative estimate of drug-likeness (QED) is 0.342. The van der Waals surface area contributed by atoms with Gasteiger partial charge in [-0.1, -0.05) is 0 Å². The number of hydrogen-bond acceptors (Lipinski definition) is 5. The van der Waals surface area contributed by atoms with Gasteiger partial charge in [0.25, 0.3) is 0 Å². The van der Waals surface area contributed by atoms with Crippen molar-refractivity contribution >= 4 is 11.8 Å². The second-order valence-electron chi connectivity index (χ2n) is 3.60. The van der Waals surface area contributed by atoms with Gasteiger partial charge in [0.1, 0.15) is 18.4 Å². The highest BCUT2D eigenvalue weighted by molar-refractivity contribution is 5.76. The first kappa shape index (κ1) is 14.8. The van der Waals surface area contributed by atoms with Gasteiger partial charge >= 0.3 is 0 Å². The molecular weight excluding hydrogens is 216 g/mol. The van der Waals surface area contributed by atoms with Gasteiger partial charge in [0.2, 0.25) is 11.8 Å². The van der Waals surface area contributed by atoms with Gasteiger partial charge in [-0.05, 0) is 6.92 Å². The van der Waals surface area contributed by atoms with E-state index in [9.17, 15) is 19.8 Å². The van der Waals surface area contributed by atoms with Gasteiger partial charge in [-0.15, -0.1) is 0 Å². The Labute approximate surface area is 93.5 Å². The van der Waals surface area contributed by atoms with Crippen molar-refractivity contribution in [2.75, 3.05) is 0 Å². The maximum Gasteiger partial charge on any atom is 0.218 e. The Balaban J connectivity index is 4.60. The van der Waals surface area contributed by atoms with Gasteiger partial charge in [0, 0.05) is 13.8 Å². The van der Waals surface area contributed by atoms with Crippen LogP contribution >= 0.6 is 0 Å². The smallest absolute Gasteiger partial charge is 0.218 e. The van der Waals surface area contributed by atoms with Crippen LogP contribution in [-0.4, -0.2) is 51.6 Å². The average Bonchev–Trinajstić information content (AvgIpc) is 2.12. The lowest BCUT2D eigenvalue weighted by Gasteiger charge is -2.28. The summed E-state index contributed by atoms with van der Waals surface area (Å²) in [7, 11) is 0. The van der Waals surface area contributed by atoms with Gasteiger partial charge in [0.15, 0.2) is 0 Å². The number of carbonyl (C=O) groups is 2. The van der Waals surface area contributed by atoms with Crippen molar-refractivity contribution in [3.8, 4) is 0 Å². The Morgan fingerprint density at radius 3 is 1.56 bits per heavy atom. The first-order chi connectivity index (χ1) is 7.25. The third-order valence-electron chi connectivity index (χ3n) is 1.90. The molecule has 0 heterocycles. The van der Waals surface area contributed by atoms with E-state index in [4.69, 9.17) is 5.11 Å². The van der Waals surface area contributed by atoms with E-state index in [0.717, 1.165) is 0 Å². The van der Waals surface area contributed by atoms with E-state index in [0.29, 0.717) is 0 Å². The third kappa shape index (κ3) is 5.06. The summed E-state index contributed by atoms with van der Waals surface area (Å²) in [5.41, 5.74) is 0. The molecule has 0 aromatic heterocycles. The molecule has 0 aromatic rings. The van der Waals surface area contributed by atoms with E-state index in [-0.39, 0.29) is 0 Å². The lowest BCUT2D eigenvalue weighted by Crippen LogP contribution is -2.59. The molecule has 0 spiro atoms. The molecule has 0 unspecified atom stereocenters. The monoisotopic (exact) mass is 234 g/mol. The molecular formula is C9H18N2O5. The number of nitrogens with one attached hydrogen (secondary N) is 2. The molecule has 0 aliphatic heterocycles. The molecule has 7 heteroatoms. The SMILES string of the molecule is CC(=O)NC(NC(C)=O)[C@H](O)[C@@H](O)[C@H](C)O. The summed E-state index contributed by atoms with van der Waals surface area (Å²) in [6, 6.07) is 0. The maximum absolute atomic E-state index is 10.8. The predicted octanol–water partition coefficient (Wildman–Crippen LogP) is -2.31. The number of rotatable bonds is 5. The lowest BCUT2D eigenvalue weighted by molar-refractivity contribution is -0.127. The van der Waals surface area contributed by atoms with Crippen LogP contribution in [0.15, 0.2) is 0 Å². The van der Waals surface area contributed by atoms with Gasteiger partial charge in [-0.3, -0.25) is 9.59 Å². The van der Waals surface area contributed by atoms with Crippen molar-refractivity contribution in [1.82, 2.24) is 10.6 Å². The maximum atomic E-state index is 10.8. The van der Waals surface area contributed by atoms with Crippen LogP contribution in [-0.2, 0) is 9.59 Å². The van der Waals surface area contributed by atoms with Crippen LogP contribution in [0.5, 0.6) is 0 Å². The largest absolute Gasteiger partial charge is 0.391 e. The predicted molar refractivity (Wildman–Crippen MR) is 55.1 cm³/mol. The minimum atomic E-state index is -1.49. The lowest BCUT2D eigenvalue weighted by atomic mass is 10.1. The van der Waals surface area contributed by atoms with Crippen LogP contribution in [0, 0.1) is 0 Å². The summed E-state index contributed by atoms with van der Waals surface area (Å²) < 4.78 is 0. The van der Waals surface area contributed by atoms with E-state index in [1.165, 1.54) is 20.8 Å². The second kappa shape index (κ2) is 6.41. The molecule has 0 saturated carbocycles. The summed E-state index contributed by atoms with van der Waals surface area (Å²) in [6.07, 6.45) is -5.28. The van der Waals surface area contributed by atoms with E-state index >= 15 is 0 Å².